The number of benzene rings is 2. The van der Waals surface area contributed by atoms with E-state index in [-0.39, 0.29) is 11.2 Å². The Morgan fingerprint density at radius 1 is 0.968 bits per heavy atom. The molecule has 1 aliphatic heterocycles. The average Bonchev–Trinajstić information content (AvgIpc) is 2.83. The molecule has 6 heteroatoms. The number of piperidine rings is 1. The monoisotopic (exact) mass is 423 g/mol. The maximum absolute atomic E-state index is 13.2. The second-order valence-corrected chi connectivity index (χ2v) is 7.76. The van der Waals surface area contributed by atoms with Crippen molar-refractivity contribution in [2.45, 2.75) is 25.7 Å². The van der Waals surface area contributed by atoms with Crippen LogP contribution in [0.2, 0.25) is 0 Å². The summed E-state index contributed by atoms with van der Waals surface area (Å²) in [4.78, 5) is 15.7. The normalized spacial score (nSPS) is 14.5. The topological polar surface area (TPSA) is 61.1 Å². The van der Waals surface area contributed by atoms with Crippen LogP contribution in [0, 0.1) is 0 Å². The lowest BCUT2D eigenvalue weighted by molar-refractivity contribution is 0.204. The minimum absolute atomic E-state index is 0.162. The van der Waals surface area contributed by atoms with E-state index in [4.69, 9.17) is 18.6 Å². The number of methoxy groups -OCH3 is 2. The Bertz CT molecular complexity index is 1080. The lowest BCUT2D eigenvalue weighted by Gasteiger charge is -2.26. The van der Waals surface area contributed by atoms with Crippen LogP contribution >= 0.6 is 0 Å². The number of fused-ring (bicyclic) bond motifs is 1. The highest BCUT2D eigenvalue weighted by Gasteiger charge is 2.19. The summed E-state index contributed by atoms with van der Waals surface area (Å²) in [7, 11) is 3.17. The highest BCUT2D eigenvalue weighted by atomic mass is 16.5. The molecule has 1 aromatic heterocycles. The quantitative estimate of drug-likeness (QED) is 0.488. The summed E-state index contributed by atoms with van der Waals surface area (Å²) in [6.07, 6.45) is 4.70. The average molecular weight is 424 g/mol. The van der Waals surface area contributed by atoms with Crippen molar-refractivity contribution in [2.24, 2.45) is 0 Å². The maximum atomic E-state index is 13.2. The molecule has 2 heterocycles. The van der Waals surface area contributed by atoms with Crippen molar-refractivity contribution in [1.82, 2.24) is 4.90 Å². The summed E-state index contributed by atoms with van der Waals surface area (Å²) in [5.41, 5.74) is 1.06. The minimum atomic E-state index is -0.162. The molecule has 1 saturated heterocycles. The van der Waals surface area contributed by atoms with Gasteiger partial charge in [0.1, 0.15) is 5.58 Å². The number of nitrogens with zero attached hydrogens (tertiary/aromatic N) is 1. The molecule has 4 rings (SSSR count). The smallest absolute Gasteiger partial charge is 0.235 e. The molecule has 0 spiro atoms. The van der Waals surface area contributed by atoms with Crippen molar-refractivity contribution >= 4 is 11.0 Å². The van der Waals surface area contributed by atoms with E-state index in [0.717, 1.165) is 26.1 Å². The van der Waals surface area contributed by atoms with Gasteiger partial charge in [0, 0.05) is 12.1 Å². The molecule has 2 aromatic carbocycles. The zero-order chi connectivity index (χ0) is 21.6. The first kappa shape index (κ1) is 21.2. The second kappa shape index (κ2) is 9.88. The fourth-order valence-electron chi connectivity index (χ4n) is 4.07. The Morgan fingerprint density at radius 3 is 2.52 bits per heavy atom. The molecule has 31 heavy (non-hydrogen) atoms. The Kier molecular flexibility index (Phi) is 6.77. The lowest BCUT2D eigenvalue weighted by Crippen LogP contribution is -2.31. The molecule has 6 nitrogen and oxygen atoms in total. The van der Waals surface area contributed by atoms with Crippen LogP contribution in [0.15, 0.2) is 51.7 Å². The lowest BCUT2D eigenvalue weighted by atomic mass is 10.1. The van der Waals surface area contributed by atoms with E-state index < -0.39 is 0 Å². The van der Waals surface area contributed by atoms with Crippen molar-refractivity contribution in [1.29, 1.82) is 0 Å². The van der Waals surface area contributed by atoms with Gasteiger partial charge in [0.15, 0.2) is 17.3 Å². The molecule has 3 aromatic rings. The van der Waals surface area contributed by atoms with Crippen molar-refractivity contribution in [3.05, 3.63) is 52.7 Å². The Morgan fingerprint density at radius 2 is 1.74 bits per heavy atom. The fourth-order valence-corrected chi connectivity index (χ4v) is 4.07. The Labute approximate surface area is 182 Å². The van der Waals surface area contributed by atoms with Gasteiger partial charge < -0.3 is 23.5 Å². The van der Waals surface area contributed by atoms with Gasteiger partial charge in [-0.25, -0.2) is 0 Å². The molecule has 0 bridgehead atoms. The molecule has 0 unspecified atom stereocenters. The number of para-hydroxylation sites is 1. The number of ether oxygens (including phenoxy) is 3. The largest absolute Gasteiger partial charge is 0.493 e. The van der Waals surface area contributed by atoms with Crippen molar-refractivity contribution in [3.63, 3.8) is 0 Å². The van der Waals surface area contributed by atoms with Gasteiger partial charge >= 0.3 is 0 Å². The number of likely N-dealkylation sites (tertiary alicyclic amines) is 1. The van der Waals surface area contributed by atoms with E-state index in [1.165, 1.54) is 19.3 Å². The predicted molar refractivity (Wildman–Crippen MR) is 121 cm³/mol. The number of hydrogen-bond acceptors (Lipinski definition) is 6. The van der Waals surface area contributed by atoms with Gasteiger partial charge in [-0.2, -0.15) is 0 Å². The Hall–Kier alpha value is -2.99. The summed E-state index contributed by atoms with van der Waals surface area (Å²) in [6.45, 7) is 3.73. The van der Waals surface area contributed by atoms with E-state index in [1.807, 2.05) is 18.2 Å². The zero-order valence-corrected chi connectivity index (χ0v) is 18.2. The van der Waals surface area contributed by atoms with Crippen LogP contribution in [0.4, 0.5) is 0 Å². The molecule has 0 radical (unpaired) electrons. The van der Waals surface area contributed by atoms with Gasteiger partial charge in [0.2, 0.25) is 11.2 Å². The predicted octanol–water partition coefficient (Wildman–Crippen LogP) is 4.73. The second-order valence-electron chi connectivity index (χ2n) is 7.76. The van der Waals surface area contributed by atoms with Crippen molar-refractivity contribution in [2.75, 3.05) is 40.5 Å². The highest BCUT2D eigenvalue weighted by Crippen LogP contribution is 2.36. The molecule has 1 fully saturated rings. The van der Waals surface area contributed by atoms with Crippen molar-refractivity contribution in [3.8, 4) is 28.6 Å². The first-order valence-electron chi connectivity index (χ1n) is 10.8. The summed E-state index contributed by atoms with van der Waals surface area (Å²) in [5.74, 6) is 1.82. The molecule has 0 aliphatic carbocycles. The van der Waals surface area contributed by atoms with Gasteiger partial charge in [0.05, 0.1) is 26.2 Å². The van der Waals surface area contributed by atoms with Crippen LogP contribution in [-0.2, 0) is 0 Å². The van der Waals surface area contributed by atoms with Crippen LogP contribution in [0.25, 0.3) is 22.3 Å². The number of hydrogen-bond donors (Lipinski definition) is 0. The minimum Gasteiger partial charge on any atom is -0.493 e. The van der Waals surface area contributed by atoms with Crippen LogP contribution in [0.1, 0.15) is 25.7 Å². The van der Waals surface area contributed by atoms with Crippen LogP contribution in [0.5, 0.6) is 17.2 Å². The van der Waals surface area contributed by atoms with E-state index >= 15 is 0 Å². The molecular formula is C25H29NO5. The van der Waals surface area contributed by atoms with E-state index in [0.29, 0.717) is 40.4 Å². The molecule has 0 atom stereocenters. The van der Waals surface area contributed by atoms with Crippen LogP contribution < -0.4 is 19.6 Å². The molecule has 0 amide bonds. The molecular weight excluding hydrogens is 394 g/mol. The first-order chi connectivity index (χ1) is 15.2. The van der Waals surface area contributed by atoms with Gasteiger partial charge in [-0.1, -0.05) is 18.6 Å². The number of rotatable bonds is 8. The summed E-state index contributed by atoms with van der Waals surface area (Å²) >= 11 is 0. The summed E-state index contributed by atoms with van der Waals surface area (Å²) < 4.78 is 23.0. The third kappa shape index (κ3) is 4.69. The molecule has 164 valence electrons. The molecule has 0 N–H and O–H groups in total. The van der Waals surface area contributed by atoms with Gasteiger partial charge in [0.25, 0.3) is 0 Å². The third-order valence-electron chi connectivity index (χ3n) is 5.72. The van der Waals surface area contributed by atoms with Crippen molar-refractivity contribution < 1.29 is 18.6 Å². The van der Waals surface area contributed by atoms with E-state index in [9.17, 15) is 4.79 Å². The third-order valence-corrected chi connectivity index (χ3v) is 5.72. The van der Waals surface area contributed by atoms with Crippen LogP contribution in [0.3, 0.4) is 0 Å². The van der Waals surface area contributed by atoms with Crippen LogP contribution in [-0.4, -0.2) is 45.4 Å². The summed E-state index contributed by atoms with van der Waals surface area (Å²) in [6, 6.07) is 12.7. The van der Waals surface area contributed by atoms with E-state index in [1.54, 1.807) is 38.5 Å². The van der Waals surface area contributed by atoms with Gasteiger partial charge in [-0.3, -0.25) is 4.79 Å². The maximum Gasteiger partial charge on any atom is 0.235 e. The van der Waals surface area contributed by atoms with Gasteiger partial charge in [-0.05, 0) is 62.7 Å². The van der Waals surface area contributed by atoms with Gasteiger partial charge in [-0.15, -0.1) is 0 Å². The first-order valence-corrected chi connectivity index (χ1v) is 10.8. The summed E-state index contributed by atoms with van der Waals surface area (Å²) in [5, 5.41) is 0.512. The molecule has 0 saturated carbocycles. The Balaban J connectivity index is 1.64. The SMILES string of the molecule is COc1ccc(-c2oc3ccccc3c(=O)c2OCCCN2CCCCC2)cc1OC. The van der Waals surface area contributed by atoms with E-state index in [2.05, 4.69) is 4.90 Å². The fraction of sp³-hybridized carbons (Fsp3) is 0.400. The standard InChI is InChI=1S/C25H29NO5/c1-28-21-12-11-18(17-22(21)29-2)24-25(23(27)19-9-4-5-10-20(19)31-24)30-16-8-15-26-13-6-3-7-14-26/h4-5,9-12,17H,3,6-8,13-16H2,1-2H3. The highest BCUT2D eigenvalue weighted by molar-refractivity contribution is 5.82. The molecule has 1 aliphatic rings. The zero-order valence-electron chi connectivity index (χ0n) is 18.2.